The van der Waals surface area contributed by atoms with Crippen LogP contribution >= 0.6 is 0 Å². The zero-order chi connectivity index (χ0) is 32.3. The largest absolute Gasteiger partial charge is 0.478 e. The molecule has 2 aliphatic carbocycles. The number of alkyl carbamates (subject to hydrolysis) is 2. The van der Waals surface area contributed by atoms with Gasteiger partial charge in [0.2, 0.25) is 0 Å². The van der Waals surface area contributed by atoms with Crippen LogP contribution in [0.5, 0.6) is 0 Å². The Balaban J connectivity index is 0.000000236. The maximum atomic E-state index is 11.8. The van der Waals surface area contributed by atoms with Crippen molar-refractivity contribution in [1.29, 1.82) is 0 Å². The second kappa shape index (κ2) is 13.1. The van der Waals surface area contributed by atoms with Crippen LogP contribution in [0.4, 0.5) is 9.59 Å². The summed E-state index contributed by atoms with van der Waals surface area (Å²) in [5.74, 6) is -0.902. The van der Waals surface area contributed by atoms with Crippen LogP contribution in [0.1, 0.15) is 109 Å². The fourth-order valence-corrected chi connectivity index (χ4v) is 4.77. The van der Waals surface area contributed by atoms with E-state index in [1.165, 1.54) is 7.11 Å². The van der Waals surface area contributed by atoms with Crippen LogP contribution in [0.3, 0.4) is 0 Å². The van der Waals surface area contributed by atoms with Gasteiger partial charge < -0.3 is 30.0 Å². The summed E-state index contributed by atoms with van der Waals surface area (Å²) in [6.45, 7) is 14.9. The lowest BCUT2D eigenvalue weighted by molar-refractivity contribution is 0.0511. The lowest BCUT2D eigenvalue weighted by Crippen LogP contribution is -2.34. The summed E-state index contributed by atoms with van der Waals surface area (Å²) in [5.41, 5.74) is 3.98. The molecule has 2 aliphatic rings. The van der Waals surface area contributed by atoms with Gasteiger partial charge in [0.25, 0.3) is 0 Å². The van der Waals surface area contributed by atoms with Crippen molar-refractivity contribution in [2.24, 2.45) is 0 Å². The van der Waals surface area contributed by atoms with Crippen LogP contribution < -0.4 is 10.6 Å². The second-order valence-corrected chi connectivity index (χ2v) is 13.1. The normalized spacial score (nSPS) is 20.5. The first-order valence-electron chi connectivity index (χ1n) is 14.4. The molecule has 2 saturated carbocycles. The Morgan fingerprint density at radius 2 is 1.12 bits per heavy atom. The number of nitrogens with one attached hydrogen (secondary N) is 2. The number of amides is 2. The fraction of sp³-hybridized carbons (Fsp3) is 0.515. The SMILES string of the molecule is COC(=O)c1ccc(C)c([C@@H]2C[C@H]2NC(=O)OC(C)(C)C)c1.Cc1ccc(C(=O)O)cc1[C@@H]1C[C@H]1NC(=O)OC(C)(C)C. The number of carbonyl (C=O) groups excluding carboxylic acids is 3. The summed E-state index contributed by atoms with van der Waals surface area (Å²) in [7, 11) is 1.37. The number of ether oxygens (including phenoxy) is 3. The standard InChI is InChI=1S/C17H23NO4.C16H21NO4/c1-10-6-7-11(15(19)21-5)8-12(10)13-9-14(13)18-16(20)22-17(2,3)4;1-9-5-6-10(14(18)19)7-11(9)12-8-13(12)17-15(20)21-16(2,3)4/h6-8,13-14H,9H2,1-5H3,(H,18,20);5-7,12-13H,8H2,1-4H3,(H,17,20)(H,18,19)/t13-,14+;12-,13+/m00/s1. The molecule has 2 aromatic rings. The Morgan fingerprint density at radius 1 is 0.721 bits per heavy atom. The lowest BCUT2D eigenvalue weighted by atomic mass is 10.0. The van der Waals surface area contributed by atoms with E-state index >= 15 is 0 Å². The molecule has 4 rings (SSSR count). The van der Waals surface area contributed by atoms with Gasteiger partial charge >= 0.3 is 24.1 Å². The average Bonchev–Trinajstić information content (AvgIpc) is 3.79. The molecule has 0 saturated heterocycles. The van der Waals surface area contributed by atoms with Crippen LogP contribution in [0.25, 0.3) is 0 Å². The molecule has 0 bridgehead atoms. The smallest absolute Gasteiger partial charge is 0.407 e. The summed E-state index contributed by atoms with van der Waals surface area (Å²) in [6, 6.07) is 10.7. The van der Waals surface area contributed by atoms with Gasteiger partial charge in [-0.2, -0.15) is 0 Å². The summed E-state index contributed by atoms with van der Waals surface area (Å²) >= 11 is 0. The van der Waals surface area contributed by atoms with Crippen molar-refractivity contribution in [2.75, 3.05) is 7.11 Å². The molecule has 2 fully saturated rings. The maximum Gasteiger partial charge on any atom is 0.407 e. The molecule has 10 heteroatoms. The average molecular weight is 597 g/mol. The molecule has 0 heterocycles. The van der Waals surface area contributed by atoms with E-state index in [0.29, 0.717) is 5.56 Å². The van der Waals surface area contributed by atoms with E-state index in [2.05, 4.69) is 10.6 Å². The predicted octanol–water partition coefficient (Wildman–Crippen LogP) is 6.24. The summed E-state index contributed by atoms with van der Waals surface area (Å²) < 4.78 is 15.2. The summed E-state index contributed by atoms with van der Waals surface area (Å²) in [4.78, 5) is 46.2. The van der Waals surface area contributed by atoms with Gasteiger partial charge in [-0.1, -0.05) is 12.1 Å². The monoisotopic (exact) mass is 596 g/mol. The number of methoxy groups -OCH3 is 1. The van der Waals surface area contributed by atoms with Crippen molar-refractivity contribution >= 4 is 24.1 Å². The van der Waals surface area contributed by atoms with Crippen molar-refractivity contribution in [2.45, 2.75) is 103 Å². The first kappa shape index (κ1) is 33.4. The number of aryl methyl sites for hydroxylation is 2. The summed E-state index contributed by atoms with van der Waals surface area (Å²) in [6.07, 6.45) is 0.831. The minimum atomic E-state index is -0.937. The Morgan fingerprint density at radius 3 is 1.49 bits per heavy atom. The number of carboxylic acids is 1. The Labute approximate surface area is 253 Å². The van der Waals surface area contributed by atoms with E-state index in [1.807, 2.05) is 73.6 Å². The van der Waals surface area contributed by atoms with Crippen molar-refractivity contribution in [3.63, 3.8) is 0 Å². The van der Waals surface area contributed by atoms with E-state index < -0.39 is 29.4 Å². The van der Waals surface area contributed by atoms with Gasteiger partial charge in [-0.15, -0.1) is 0 Å². The number of esters is 1. The minimum Gasteiger partial charge on any atom is -0.478 e. The van der Waals surface area contributed by atoms with Gasteiger partial charge in [-0.25, -0.2) is 19.2 Å². The molecule has 0 spiro atoms. The maximum absolute atomic E-state index is 11.8. The van der Waals surface area contributed by atoms with Crippen LogP contribution in [0, 0.1) is 13.8 Å². The highest BCUT2D eigenvalue weighted by atomic mass is 16.6. The minimum absolute atomic E-state index is 0.0163. The molecular formula is C33H44N2O8. The van der Waals surface area contributed by atoms with Gasteiger partial charge in [-0.3, -0.25) is 0 Å². The van der Waals surface area contributed by atoms with Gasteiger partial charge in [-0.05, 0) is 115 Å². The number of rotatable bonds is 6. The fourth-order valence-electron chi connectivity index (χ4n) is 4.77. The molecule has 0 aromatic heterocycles. The molecule has 0 aliphatic heterocycles. The van der Waals surface area contributed by atoms with Crippen molar-refractivity contribution in [3.8, 4) is 0 Å². The van der Waals surface area contributed by atoms with Gasteiger partial charge in [0.15, 0.2) is 0 Å². The van der Waals surface area contributed by atoms with Crippen molar-refractivity contribution < 1.29 is 38.5 Å². The molecule has 234 valence electrons. The first-order valence-corrected chi connectivity index (χ1v) is 14.4. The predicted molar refractivity (Wildman–Crippen MR) is 162 cm³/mol. The quantitative estimate of drug-likeness (QED) is 0.263. The van der Waals surface area contributed by atoms with Crippen LogP contribution in [0.15, 0.2) is 36.4 Å². The van der Waals surface area contributed by atoms with Crippen molar-refractivity contribution in [3.05, 3.63) is 69.8 Å². The number of carbonyl (C=O) groups is 4. The van der Waals surface area contributed by atoms with Crippen LogP contribution in [-0.2, 0) is 14.2 Å². The third-order valence-electron chi connectivity index (χ3n) is 7.01. The third kappa shape index (κ3) is 10.0. The molecule has 0 radical (unpaired) electrons. The van der Waals surface area contributed by atoms with Gasteiger partial charge in [0.1, 0.15) is 11.2 Å². The molecule has 10 nitrogen and oxygen atoms in total. The first-order chi connectivity index (χ1) is 19.9. The number of benzene rings is 2. The topological polar surface area (TPSA) is 140 Å². The second-order valence-electron chi connectivity index (χ2n) is 13.1. The molecule has 2 amide bonds. The molecule has 0 unspecified atom stereocenters. The number of hydrogen-bond donors (Lipinski definition) is 3. The Hall–Kier alpha value is -4.08. The summed E-state index contributed by atoms with van der Waals surface area (Å²) in [5, 5.41) is 14.7. The highest BCUT2D eigenvalue weighted by Gasteiger charge is 2.42. The lowest BCUT2D eigenvalue weighted by Gasteiger charge is -2.19. The number of carboxylic acid groups (broad SMARTS) is 1. The number of hydrogen-bond acceptors (Lipinski definition) is 7. The zero-order valence-corrected chi connectivity index (χ0v) is 26.5. The highest BCUT2D eigenvalue weighted by molar-refractivity contribution is 5.90. The molecule has 3 N–H and O–H groups in total. The van der Waals surface area contributed by atoms with E-state index in [1.54, 1.807) is 18.2 Å². The zero-order valence-electron chi connectivity index (χ0n) is 26.5. The molecule has 43 heavy (non-hydrogen) atoms. The molecule has 4 atom stereocenters. The van der Waals surface area contributed by atoms with Crippen LogP contribution in [0.2, 0.25) is 0 Å². The van der Waals surface area contributed by atoms with Crippen molar-refractivity contribution in [1.82, 2.24) is 10.6 Å². The number of aromatic carboxylic acids is 1. The van der Waals surface area contributed by atoms with E-state index in [9.17, 15) is 19.2 Å². The Bertz CT molecular complexity index is 1370. The van der Waals surface area contributed by atoms with E-state index in [4.69, 9.17) is 19.3 Å². The molecule has 2 aromatic carbocycles. The van der Waals surface area contributed by atoms with Gasteiger partial charge in [0.05, 0.1) is 18.2 Å². The third-order valence-corrected chi connectivity index (χ3v) is 7.01. The Kier molecular flexibility index (Phi) is 10.1. The highest BCUT2D eigenvalue weighted by Crippen LogP contribution is 2.43. The van der Waals surface area contributed by atoms with Gasteiger partial charge in [0, 0.05) is 23.9 Å². The van der Waals surface area contributed by atoms with E-state index in [-0.39, 0.29) is 35.5 Å². The molecular weight excluding hydrogens is 552 g/mol. The van der Waals surface area contributed by atoms with E-state index in [0.717, 1.165) is 35.1 Å². The van der Waals surface area contributed by atoms with Crippen LogP contribution in [-0.4, -0.2) is 59.6 Å².